The van der Waals surface area contributed by atoms with E-state index in [0.717, 1.165) is 0 Å². The van der Waals surface area contributed by atoms with Gasteiger partial charge >= 0.3 is 5.97 Å². The second kappa shape index (κ2) is 5.29. The van der Waals surface area contributed by atoms with Crippen molar-refractivity contribution in [3.8, 4) is 0 Å². The van der Waals surface area contributed by atoms with E-state index in [2.05, 4.69) is 10.3 Å². The lowest BCUT2D eigenvalue weighted by molar-refractivity contribution is -0.137. The molecule has 0 aliphatic carbocycles. The van der Waals surface area contributed by atoms with Gasteiger partial charge in [0, 0.05) is 6.04 Å². The summed E-state index contributed by atoms with van der Waals surface area (Å²) >= 11 is 0. The summed E-state index contributed by atoms with van der Waals surface area (Å²) in [6, 6.07) is -0.394. The first-order valence-electron chi connectivity index (χ1n) is 4.97. The highest BCUT2D eigenvalue weighted by atomic mass is 16.4. The van der Waals surface area contributed by atoms with Crippen molar-refractivity contribution < 1.29 is 19.1 Å². The fraction of sp³-hybridized carbons (Fsp3) is 0.500. The Hall–Kier alpha value is -1.85. The number of hydrogen-bond acceptors (Lipinski definition) is 4. The lowest BCUT2D eigenvalue weighted by Crippen LogP contribution is -2.36. The molecule has 6 heteroatoms. The first kappa shape index (κ1) is 12.2. The number of aryl methyl sites for hydroxylation is 1. The molecule has 0 aliphatic rings. The van der Waals surface area contributed by atoms with E-state index < -0.39 is 17.9 Å². The Bertz CT molecular complexity index is 386. The van der Waals surface area contributed by atoms with Crippen LogP contribution >= 0.6 is 0 Å². The second-order valence-corrected chi connectivity index (χ2v) is 3.44. The van der Waals surface area contributed by atoms with Crippen LogP contribution in [-0.2, 0) is 4.79 Å². The van der Waals surface area contributed by atoms with Crippen LogP contribution in [0.1, 0.15) is 36.0 Å². The molecule has 0 saturated carbocycles. The van der Waals surface area contributed by atoms with Gasteiger partial charge in [0.1, 0.15) is 0 Å². The maximum atomic E-state index is 11.6. The lowest BCUT2D eigenvalue weighted by atomic mass is 10.1. The Morgan fingerprint density at radius 2 is 2.31 bits per heavy atom. The Morgan fingerprint density at radius 1 is 1.62 bits per heavy atom. The molecule has 1 rings (SSSR count). The molecule has 1 heterocycles. The highest BCUT2D eigenvalue weighted by Gasteiger charge is 2.19. The molecule has 2 N–H and O–H groups in total. The number of nitrogens with one attached hydrogen (secondary N) is 1. The fourth-order valence-corrected chi connectivity index (χ4v) is 1.28. The van der Waals surface area contributed by atoms with E-state index in [-0.39, 0.29) is 12.2 Å². The molecule has 0 bridgehead atoms. The van der Waals surface area contributed by atoms with Crippen molar-refractivity contribution in [2.24, 2.45) is 0 Å². The van der Waals surface area contributed by atoms with Gasteiger partial charge in [0.2, 0.25) is 5.76 Å². The molecule has 1 aromatic heterocycles. The van der Waals surface area contributed by atoms with Crippen molar-refractivity contribution in [3.63, 3.8) is 0 Å². The number of rotatable bonds is 5. The number of nitrogens with zero attached hydrogens (tertiary/aromatic N) is 1. The summed E-state index contributed by atoms with van der Waals surface area (Å²) in [6.45, 7) is 3.46. The average molecular weight is 226 g/mol. The van der Waals surface area contributed by atoms with Crippen molar-refractivity contribution >= 4 is 11.9 Å². The van der Waals surface area contributed by atoms with Gasteiger partial charge in [-0.25, -0.2) is 4.98 Å². The number of aromatic nitrogens is 1. The topological polar surface area (TPSA) is 92.4 Å². The highest BCUT2D eigenvalue weighted by molar-refractivity contribution is 5.92. The van der Waals surface area contributed by atoms with Crippen LogP contribution in [0.3, 0.4) is 0 Å². The number of amides is 1. The first-order chi connectivity index (χ1) is 7.54. The molecular weight excluding hydrogens is 212 g/mol. The Balaban J connectivity index is 2.62. The van der Waals surface area contributed by atoms with Crippen LogP contribution in [0.15, 0.2) is 10.8 Å². The fourth-order valence-electron chi connectivity index (χ4n) is 1.28. The molecule has 0 fully saturated rings. The standard InChI is InChI=1S/C10H14N2O4/c1-3-7(4-8(13)14)12-10(15)9-6(2)11-5-16-9/h5,7H,3-4H2,1-2H3,(H,12,15)(H,13,14). The van der Waals surface area contributed by atoms with Gasteiger partial charge in [0.25, 0.3) is 5.91 Å². The van der Waals surface area contributed by atoms with Crippen molar-refractivity contribution in [3.05, 3.63) is 17.8 Å². The molecule has 1 amide bonds. The summed E-state index contributed by atoms with van der Waals surface area (Å²) in [5, 5.41) is 11.2. The number of carbonyl (C=O) groups is 2. The Labute approximate surface area is 92.7 Å². The van der Waals surface area contributed by atoms with Gasteiger partial charge in [-0.3, -0.25) is 9.59 Å². The minimum Gasteiger partial charge on any atom is -0.481 e. The van der Waals surface area contributed by atoms with Crippen LogP contribution < -0.4 is 5.32 Å². The smallest absolute Gasteiger partial charge is 0.305 e. The molecule has 0 aromatic carbocycles. The third kappa shape index (κ3) is 3.08. The van der Waals surface area contributed by atoms with Crippen molar-refractivity contribution in [1.82, 2.24) is 10.3 Å². The predicted octanol–water partition coefficient (Wildman–Crippen LogP) is 0.966. The van der Waals surface area contributed by atoms with E-state index in [1.807, 2.05) is 0 Å². The minimum atomic E-state index is -0.943. The SMILES string of the molecule is CCC(CC(=O)O)NC(=O)c1ocnc1C. The summed E-state index contributed by atoms with van der Waals surface area (Å²) < 4.78 is 4.91. The molecule has 1 unspecified atom stereocenters. The number of carbonyl (C=O) groups excluding carboxylic acids is 1. The molecule has 0 aliphatic heterocycles. The van der Waals surface area contributed by atoms with Crippen LogP contribution in [-0.4, -0.2) is 28.0 Å². The Morgan fingerprint density at radius 3 is 2.75 bits per heavy atom. The van der Waals surface area contributed by atoms with Gasteiger partial charge < -0.3 is 14.8 Å². The summed E-state index contributed by atoms with van der Waals surface area (Å²) in [5.41, 5.74) is 0.489. The third-order valence-corrected chi connectivity index (χ3v) is 2.20. The normalized spacial score (nSPS) is 12.1. The van der Waals surface area contributed by atoms with E-state index in [0.29, 0.717) is 12.1 Å². The largest absolute Gasteiger partial charge is 0.481 e. The van der Waals surface area contributed by atoms with E-state index in [4.69, 9.17) is 9.52 Å². The zero-order chi connectivity index (χ0) is 12.1. The van der Waals surface area contributed by atoms with Crippen LogP contribution in [0.4, 0.5) is 0 Å². The van der Waals surface area contributed by atoms with E-state index in [1.54, 1.807) is 13.8 Å². The number of oxazole rings is 1. The molecular formula is C10H14N2O4. The highest BCUT2D eigenvalue weighted by Crippen LogP contribution is 2.06. The summed E-state index contributed by atoms with van der Waals surface area (Å²) in [4.78, 5) is 25.9. The van der Waals surface area contributed by atoms with Crippen molar-refractivity contribution in [2.45, 2.75) is 32.7 Å². The van der Waals surface area contributed by atoms with E-state index in [1.165, 1.54) is 6.39 Å². The van der Waals surface area contributed by atoms with Crippen LogP contribution in [0.2, 0.25) is 0 Å². The summed E-state index contributed by atoms with van der Waals surface area (Å²) in [7, 11) is 0. The molecule has 1 atom stereocenters. The zero-order valence-electron chi connectivity index (χ0n) is 9.19. The maximum Gasteiger partial charge on any atom is 0.305 e. The number of aliphatic carboxylic acids is 1. The van der Waals surface area contributed by atoms with Gasteiger partial charge in [0.15, 0.2) is 6.39 Å². The second-order valence-electron chi connectivity index (χ2n) is 3.44. The minimum absolute atomic E-state index is 0.102. The third-order valence-electron chi connectivity index (χ3n) is 2.20. The molecule has 16 heavy (non-hydrogen) atoms. The van der Waals surface area contributed by atoms with E-state index >= 15 is 0 Å². The summed E-state index contributed by atoms with van der Waals surface area (Å²) in [6.07, 6.45) is 1.63. The average Bonchev–Trinajstić information content (AvgIpc) is 2.62. The predicted molar refractivity (Wildman–Crippen MR) is 55.0 cm³/mol. The molecule has 6 nitrogen and oxygen atoms in total. The van der Waals surface area contributed by atoms with E-state index in [9.17, 15) is 9.59 Å². The van der Waals surface area contributed by atoms with Gasteiger partial charge in [-0.2, -0.15) is 0 Å². The molecule has 1 aromatic rings. The van der Waals surface area contributed by atoms with Gasteiger partial charge in [-0.05, 0) is 13.3 Å². The quantitative estimate of drug-likeness (QED) is 0.780. The Kier molecular flexibility index (Phi) is 4.04. The number of carboxylic acids is 1. The number of hydrogen-bond donors (Lipinski definition) is 2. The van der Waals surface area contributed by atoms with Gasteiger partial charge in [-0.15, -0.1) is 0 Å². The summed E-state index contributed by atoms with van der Waals surface area (Å²) in [5.74, 6) is -1.24. The first-order valence-corrected chi connectivity index (χ1v) is 4.97. The van der Waals surface area contributed by atoms with Crippen LogP contribution in [0.5, 0.6) is 0 Å². The van der Waals surface area contributed by atoms with Crippen LogP contribution in [0.25, 0.3) is 0 Å². The monoisotopic (exact) mass is 226 g/mol. The zero-order valence-corrected chi connectivity index (χ0v) is 9.19. The van der Waals surface area contributed by atoms with Gasteiger partial charge in [0.05, 0.1) is 12.1 Å². The van der Waals surface area contributed by atoms with Crippen molar-refractivity contribution in [2.75, 3.05) is 0 Å². The lowest BCUT2D eigenvalue weighted by Gasteiger charge is -2.13. The molecule has 88 valence electrons. The molecule has 0 radical (unpaired) electrons. The number of carboxylic acid groups (broad SMARTS) is 1. The maximum absolute atomic E-state index is 11.6. The molecule has 0 spiro atoms. The van der Waals surface area contributed by atoms with Gasteiger partial charge in [-0.1, -0.05) is 6.92 Å². The van der Waals surface area contributed by atoms with Crippen LogP contribution in [0, 0.1) is 6.92 Å². The van der Waals surface area contributed by atoms with Crippen molar-refractivity contribution in [1.29, 1.82) is 0 Å². The molecule has 0 saturated heterocycles.